The van der Waals surface area contributed by atoms with Crippen LogP contribution in [0.4, 0.5) is 0 Å². The number of aliphatic carboxylic acids is 8. The van der Waals surface area contributed by atoms with E-state index in [0.29, 0.717) is 27.4 Å². The van der Waals surface area contributed by atoms with Crippen LogP contribution in [0.3, 0.4) is 0 Å². The number of aromatic amines is 2. The Morgan fingerprint density at radius 1 is 0.385 bits per heavy atom. The van der Waals surface area contributed by atoms with Gasteiger partial charge in [-0.3, -0.25) is 109 Å². The number of carboxylic acids is 8. The third-order valence-electron chi connectivity index (χ3n) is 13.7. The Morgan fingerprint density at radius 3 is 0.945 bits per heavy atom. The van der Waals surface area contributed by atoms with Crippen LogP contribution in [0, 0.1) is 0 Å². The highest BCUT2D eigenvalue weighted by Crippen LogP contribution is 2.47. The maximum Gasteiger partial charge on any atom is 0.317 e. The largest absolute Gasteiger partial charge is 0.493 e. The van der Waals surface area contributed by atoms with Crippen molar-refractivity contribution in [3.05, 3.63) is 88.7 Å². The van der Waals surface area contributed by atoms with Crippen LogP contribution in [0.25, 0.3) is 21.8 Å². The SMILES string of the molecule is COc1cc(C(c2c(C(=O)NNC(=O)CN(CCN(CCN(CC(=O)O)CC(=O)O)CC(=O)O)CC(=O)O)[nH]c3ccccc23)c2c(C(=O)NNC(=O)CN(CCN(CCN(CC(=O)O)CC(=O)O)CC(=O)O)CC(=O)O)[nH]c3ccccc23)cc(OC)c1OC. The van der Waals surface area contributed by atoms with Gasteiger partial charge in [0.05, 0.1) is 86.8 Å². The van der Waals surface area contributed by atoms with Crippen molar-refractivity contribution in [2.75, 3.05) is 139 Å². The number of nitrogens with one attached hydrogen (secondary N) is 6. The number of hydrogen-bond acceptors (Lipinski definition) is 21. The molecule has 0 spiro atoms. The number of para-hydroxylation sites is 2. The van der Waals surface area contributed by atoms with E-state index in [1.54, 1.807) is 60.7 Å². The third-order valence-corrected chi connectivity index (χ3v) is 13.7. The summed E-state index contributed by atoms with van der Waals surface area (Å²) in [4.78, 5) is 163. The molecular formula is C56H70N12O23. The number of fused-ring (bicyclic) bond motifs is 2. The number of H-pyrrole nitrogens is 2. The van der Waals surface area contributed by atoms with Gasteiger partial charge in [0, 0.05) is 91.2 Å². The van der Waals surface area contributed by atoms with Gasteiger partial charge < -0.3 is 65.0 Å². The Balaban J connectivity index is 1.49. The van der Waals surface area contributed by atoms with Crippen LogP contribution < -0.4 is 35.9 Å². The Hall–Kier alpha value is -10.5. The molecule has 0 fully saturated rings. The van der Waals surface area contributed by atoms with Gasteiger partial charge in [0.2, 0.25) is 5.75 Å². The van der Waals surface area contributed by atoms with E-state index in [0.717, 1.165) is 19.6 Å². The molecule has 14 N–H and O–H groups in total. The van der Waals surface area contributed by atoms with Crippen LogP contribution in [-0.2, 0) is 47.9 Å². The molecule has 91 heavy (non-hydrogen) atoms. The lowest BCUT2D eigenvalue weighted by molar-refractivity contribution is -0.144. The first-order valence-electron chi connectivity index (χ1n) is 27.5. The Morgan fingerprint density at radius 2 is 0.659 bits per heavy atom. The minimum absolute atomic E-state index is 0.128. The molecule has 35 nitrogen and oxygen atoms in total. The standard InChI is InChI=1S/C56H70N12O23/c1-89-37-20-32(21-38(90-2)54(37)91-3)49(50-33-8-4-6-10-35(33)57-52(50)55(87)61-59-39(69)22-65(26-43(75)76)16-12-63(24-41(71)72)14-18-67(28-45(79)80)29-46(81)82)51-34-9-5-7-11-36(34)58-53(51)56(88)62-60-40(70)23-66(27-44(77)78)17-13-64(25-42(73)74)15-19-68(30-47(83)84)31-48(85)86/h4-11,20-21,49,57-58H,12-19,22-31H2,1-3H3,(H,59,69)(H,60,70)(H,61,87)(H,62,88)(H,71,72)(H,73,74)(H,75,76)(H,77,78)(H,79,80)(H,81,82)(H,83,84)(H,85,86). The first-order chi connectivity index (χ1) is 43.2. The van der Waals surface area contributed by atoms with Crippen molar-refractivity contribution in [1.82, 2.24) is 61.1 Å². The van der Waals surface area contributed by atoms with Crippen molar-refractivity contribution in [3.63, 3.8) is 0 Å². The minimum Gasteiger partial charge on any atom is -0.493 e. The number of methoxy groups -OCH3 is 3. The molecule has 5 aromatic rings. The molecule has 5 rings (SSSR count). The lowest BCUT2D eigenvalue weighted by Gasteiger charge is -2.27. The van der Waals surface area contributed by atoms with Crippen molar-refractivity contribution in [2.45, 2.75) is 5.92 Å². The van der Waals surface area contributed by atoms with Gasteiger partial charge in [0.25, 0.3) is 23.6 Å². The van der Waals surface area contributed by atoms with E-state index in [1.807, 2.05) is 0 Å². The van der Waals surface area contributed by atoms with E-state index in [2.05, 4.69) is 31.7 Å². The van der Waals surface area contributed by atoms with Crippen LogP contribution in [0.2, 0.25) is 0 Å². The molecule has 4 amide bonds. The van der Waals surface area contributed by atoms with Crippen molar-refractivity contribution in [3.8, 4) is 17.2 Å². The summed E-state index contributed by atoms with van der Waals surface area (Å²) in [6, 6.07) is 16.4. The van der Waals surface area contributed by atoms with Gasteiger partial charge in [-0.2, -0.15) is 0 Å². The maximum atomic E-state index is 14.8. The van der Waals surface area contributed by atoms with Crippen molar-refractivity contribution in [1.29, 1.82) is 0 Å². The summed E-state index contributed by atoms with van der Waals surface area (Å²) in [5.74, 6) is -15.4. The molecule has 492 valence electrons. The number of carboxylic acid groups (broad SMARTS) is 8. The number of hydrazine groups is 2. The monoisotopic (exact) mass is 1280 g/mol. The first-order valence-corrected chi connectivity index (χ1v) is 27.5. The van der Waals surface area contributed by atoms with Crippen LogP contribution in [0.5, 0.6) is 17.2 Å². The molecule has 0 aliphatic rings. The van der Waals surface area contributed by atoms with E-state index in [-0.39, 0.29) is 92.1 Å². The van der Waals surface area contributed by atoms with Gasteiger partial charge in [-0.05, 0) is 29.8 Å². The number of carbonyl (C=O) groups excluding carboxylic acids is 4. The molecule has 2 heterocycles. The highest BCUT2D eigenvalue weighted by atomic mass is 16.5. The van der Waals surface area contributed by atoms with Gasteiger partial charge in [0.1, 0.15) is 11.4 Å². The third kappa shape index (κ3) is 22.0. The zero-order valence-corrected chi connectivity index (χ0v) is 49.5. The summed E-state index contributed by atoms with van der Waals surface area (Å²) in [5.41, 5.74) is 10.3. The summed E-state index contributed by atoms with van der Waals surface area (Å²) in [6.07, 6.45) is 0. The smallest absolute Gasteiger partial charge is 0.317 e. The molecule has 0 saturated carbocycles. The number of carbonyl (C=O) groups is 12. The van der Waals surface area contributed by atoms with Crippen LogP contribution >= 0.6 is 0 Å². The second kappa shape index (κ2) is 34.3. The number of benzene rings is 3. The molecule has 0 aliphatic carbocycles. The van der Waals surface area contributed by atoms with Crippen LogP contribution in [-0.4, -0.2) is 291 Å². The average molecular weight is 1280 g/mol. The van der Waals surface area contributed by atoms with E-state index in [4.69, 9.17) is 14.2 Å². The summed E-state index contributed by atoms with van der Waals surface area (Å²) < 4.78 is 17.2. The van der Waals surface area contributed by atoms with Gasteiger partial charge >= 0.3 is 47.8 Å². The van der Waals surface area contributed by atoms with E-state index in [9.17, 15) is 98.4 Å². The number of rotatable bonds is 40. The molecule has 0 bridgehead atoms. The van der Waals surface area contributed by atoms with Crippen molar-refractivity contribution in [2.24, 2.45) is 0 Å². The minimum atomic E-state index is -1.39. The highest BCUT2D eigenvalue weighted by molar-refractivity contribution is 6.06. The molecule has 0 radical (unpaired) electrons. The predicted molar refractivity (Wildman–Crippen MR) is 315 cm³/mol. The van der Waals surface area contributed by atoms with Crippen molar-refractivity contribution < 1.29 is 113 Å². The van der Waals surface area contributed by atoms with Crippen molar-refractivity contribution >= 4 is 93.2 Å². The summed E-state index contributed by atoms with van der Waals surface area (Å²) >= 11 is 0. The first kappa shape index (κ1) is 71.3. The fourth-order valence-electron chi connectivity index (χ4n) is 9.95. The van der Waals surface area contributed by atoms with E-state index < -0.39 is 143 Å². The molecule has 0 saturated heterocycles. The fourth-order valence-corrected chi connectivity index (χ4v) is 9.95. The van der Waals surface area contributed by atoms with Gasteiger partial charge in [-0.15, -0.1) is 0 Å². The van der Waals surface area contributed by atoms with E-state index >= 15 is 0 Å². The topological polar surface area (TPSA) is 494 Å². The molecule has 2 aromatic heterocycles. The molecule has 0 aliphatic heterocycles. The maximum absolute atomic E-state index is 14.8. The summed E-state index contributed by atoms with van der Waals surface area (Å²) in [6.45, 7) is -8.48. The lowest BCUT2D eigenvalue weighted by Crippen LogP contribution is -2.49. The Kier molecular flexibility index (Phi) is 26.9. The number of ether oxygens (including phenoxy) is 3. The number of aromatic nitrogens is 2. The van der Waals surface area contributed by atoms with E-state index in [1.165, 1.54) is 31.1 Å². The molecule has 35 heteroatoms. The number of hydrogen-bond donors (Lipinski definition) is 14. The second-order valence-corrected chi connectivity index (χ2v) is 20.4. The number of amides is 4. The number of nitrogens with zero attached hydrogens (tertiary/aromatic N) is 6. The second-order valence-electron chi connectivity index (χ2n) is 20.4. The van der Waals surface area contributed by atoms with Gasteiger partial charge in [0.15, 0.2) is 11.5 Å². The lowest BCUT2D eigenvalue weighted by atomic mass is 9.81. The highest BCUT2D eigenvalue weighted by Gasteiger charge is 2.35. The van der Waals surface area contributed by atoms with Crippen LogP contribution in [0.1, 0.15) is 43.6 Å². The zero-order chi connectivity index (χ0) is 67.1. The quantitative estimate of drug-likeness (QED) is 0.0186. The average Bonchev–Trinajstić information content (AvgIpc) is 1.63. The van der Waals surface area contributed by atoms with Gasteiger partial charge in [-0.25, -0.2) is 0 Å². The Labute approximate surface area is 516 Å². The summed E-state index contributed by atoms with van der Waals surface area (Å²) in [7, 11) is 4.08. The molecular weight excluding hydrogens is 1210 g/mol. The fraction of sp³-hybridized carbons (Fsp3) is 0.393. The van der Waals surface area contributed by atoms with Crippen LogP contribution in [0.15, 0.2) is 60.7 Å². The zero-order valence-electron chi connectivity index (χ0n) is 49.5. The Bertz CT molecular complexity index is 3230. The molecule has 3 aromatic carbocycles. The van der Waals surface area contributed by atoms with Gasteiger partial charge in [-0.1, -0.05) is 36.4 Å². The summed E-state index contributed by atoms with van der Waals surface area (Å²) in [5, 5.41) is 76.6. The molecule has 0 unspecified atom stereocenters. The molecule has 0 atom stereocenters. The normalized spacial score (nSPS) is 11.4. The predicted octanol–water partition coefficient (Wildman–Crippen LogP) is -2.13.